The highest BCUT2D eigenvalue weighted by Gasteiger charge is 2.52. The van der Waals surface area contributed by atoms with Gasteiger partial charge in [0.15, 0.2) is 18.5 Å². The number of carbonyl (C=O) groups excluding carboxylic acids is 3. The summed E-state index contributed by atoms with van der Waals surface area (Å²) in [6.07, 6.45) is -12.3. The van der Waals surface area contributed by atoms with E-state index in [-0.39, 0.29) is 51.4 Å². The van der Waals surface area contributed by atoms with E-state index < -0.39 is 138 Å². The van der Waals surface area contributed by atoms with Crippen molar-refractivity contribution in [3.63, 3.8) is 0 Å². The van der Waals surface area contributed by atoms with Crippen LogP contribution in [0.25, 0.3) is 0 Å². The number of aliphatic imine (C=N–C) groups is 1. The lowest BCUT2D eigenvalue weighted by atomic mass is 9.97. The fraction of sp³-hybridized carbons (Fsp3) is 0.730. The topological polar surface area (TPSA) is 426 Å². The van der Waals surface area contributed by atoms with Gasteiger partial charge in [-0.05, 0) is 31.2 Å². The van der Waals surface area contributed by atoms with Crippen molar-refractivity contribution < 1.29 is 68.8 Å². The minimum atomic E-state index is -1.86. The lowest BCUT2D eigenvalue weighted by molar-refractivity contribution is -0.210. The second-order valence-corrected chi connectivity index (χ2v) is 16.3. The Morgan fingerprint density at radius 3 is 2.20 bits per heavy atom. The summed E-state index contributed by atoms with van der Waals surface area (Å²) in [4.78, 5) is 95.2. The maximum absolute atomic E-state index is 13.9. The highest BCUT2D eigenvalue weighted by Crippen LogP contribution is 2.34. The third-order valence-electron chi connectivity index (χ3n) is 10.9. The molecule has 14 atom stereocenters. The molecule has 0 spiro atoms. The number of aliphatic carboxylic acids is 2. The summed E-state index contributed by atoms with van der Waals surface area (Å²) in [5, 5.41) is 78.9. The molecule has 0 bridgehead atoms. The van der Waals surface area contributed by atoms with E-state index in [0.29, 0.717) is 0 Å². The Bertz CT molecular complexity index is 1930. The summed E-state index contributed by atoms with van der Waals surface area (Å²) < 4.78 is 18.3. The van der Waals surface area contributed by atoms with Crippen LogP contribution in [0.3, 0.4) is 0 Å². The molecule has 4 amide bonds. The monoisotopic (exact) mass is 915 g/mol. The predicted octanol–water partition coefficient (Wildman–Crippen LogP) is -6.52. The minimum absolute atomic E-state index is 0.0101. The summed E-state index contributed by atoms with van der Waals surface area (Å²) in [5.74, 6) is -5.76. The molecule has 27 heteroatoms. The van der Waals surface area contributed by atoms with E-state index in [1.807, 2.05) is 4.98 Å². The van der Waals surface area contributed by atoms with Gasteiger partial charge in [-0.2, -0.15) is 0 Å². The molecule has 3 aliphatic rings. The number of carbonyl (C=O) groups is 5. The van der Waals surface area contributed by atoms with Crippen molar-refractivity contribution in [2.75, 3.05) is 26.2 Å². The lowest BCUT2D eigenvalue weighted by Gasteiger charge is -2.33. The summed E-state index contributed by atoms with van der Waals surface area (Å²) in [6.45, 7) is 6.05. The van der Waals surface area contributed by atoms with Crippen molar-refractivity contribution in [1.82, 2.24) is 41.5 Å². The van der Waals surface area contributed by atoms with E-state index in [2.05, 4.69) is 36.9 Å². The maximum Gasteiger partial charge on any atom is 0.330 e. The second kappa shape index (κ2) is 23.1. The SMILES string of the molecule is CC(C)[C@H](NC(=O)N[C@H](C(=O)N[C@H](C(=O)NCCCN[C@H](C(=O)O)[C@H](O[C@H]1C[C@H](O)[C@@H](CN)O1)[C@H]1O[C@@H](n2ccc(=O)[nH]c2=O)[C@H](O)[C@@H]1O)[C@@H](O)C(C)C)[C@@H]1CCN=C(N)N1)C(=O)O. The molecule has 3 aliphatic heterocycles. The number of guanidine groups is 1. The van der Waals surface area contributed by atoms with Crippen LogP contribution in [0, 0.1) is 11.8 Å². The fourth-order valence-electron chi connectivity index (χ4n) is 7.34. The zero-order chi connectivity index (χ0) is 47.6. The van der Waals surface area contributed by atoms with Crippen molar-refractivity contribution >= 4 is 35.7 Å². The van der Waals surface area contributed by atoms with E-state index in [4.69, 9.17) is 25.7 Å². The van der Waals surface area contributed by atoms with Gasteiger partial charge >= 0.3 is 23.7 Å². The number of aromatic amines is 1. The molecule has 2 fully saturated rings. The number of carboxylic acid groups (broad SMARTS) is 2. The Morgan fingerprint density at radius 1 is 0.938 bits per heavy atom. The van der Waals surface area contributed by atoms with Crippen molar-refractivity contribution in [2.24, 2.45) is 28.3 Å². The van der Waals surface area contributed by atoms with Crippen molar-refractivity contribution in [1.29, 1.82) is 0 Å². The zero-order valence-corrected chi connectivity index (χ0v) is 35.7. The Balaban J connectivity index is 1.47. The average Bonchev–Trinajstić information content (AvgIpc) is 3.73. The molecule has 17 N–H and O–H groups in total. The Labute approximate surface area is 365 Å². The Hall–Kier alpha value is -5.26. The molecule has 0 unspecified atom stereocenters. The van der Waals surface area contributed by atoms with Gasteiger partial charge in [-0.1, -0.05) is 27.7 Å². The molecule has 4 heterocycles. The van der Waals surface area contributed by atoms with Crippen LogP contribution in [0.1, 0.15) is 53.2 Å². The van der Waals surface area contributed by atoms with E-state index in [0.717, 1.165) is 16.8 Å². The number of H-pyrrole nitrogens is 1. The normalized spacial score (nSPS) is 27.3. The summed E-state index contributed by atoms with van der Waals surface area (Å²) in [7, 11) is 0. The number of urea groups is 1. The molecule has 0 aliphatic carbocycles. The first-order chi connectivity index (χ1) is 30.1. The standard InChI is InChI=1S/C37H61N11O16/c1-14(2)21(33(56)57)46-36(60)47-22(16-6-10-42-35(39)43-16)31(55)45-23(25(51)15(3)4)30(54)41-9-5-8-40-24(34(58)59)28(63-20-12-17(49)18(13-38)62-20)29-26(52)27(53)32(64-29)48-11-7-19(50)44-37(48)61/h7,11,14-18,20-29,32,40,49,51-53H,5-6,8-10,12-13,38H2,1-4H3,(H,41,54)(H,45,55)(H,56,57)(H,58,59)(H3,39,42,43)(H,44,50,61)(H2,46,47,60)/t16-,17-,18+,20-,21-,22-,23-,24-,25-,26-,27+,28-,29-,32+/m0/s1. The quantitative estimate of drug-likeness (QED) is 0.0481. The number of nitrogens with zero attached hydrogens (tertiary/aromatic N) is 2. The number of aromatic nitrogens is 2. The van der Waals surface area contributed by atoms with Gasteiger partial charge in [-0.15, -0.1) is 0 Å². The summed E-state index contributed by atoms with van der Waals surface area (Å²) >= 11 is 0. The summed E-state index contributed by atoms with van der Waals surface area (Å²) in [6, 6.07) is -6.99. The fourth-order valence-corrected chi connectivity index (χ4v) is 7.34. The molecular weight excluding hydrogens is 854 g/mol. The van der Waals surface area contributed by atoms with Crippen molar-refractivity contribution in [2.45, 2.75) is 132 Å². The molecule has 2 saturated heterocycles. The molecule has 0 aromatic carbocycles. The lowest BCUT2D eigenvalue weighted by Crippen LogP contribution is -2.66. The summed E-state index contributed by atoms with van der Waals surface area (Å²) in [5.41, 5.74) is 9.76. The number of carboxylic acids is 2. The zero-order valence-electron chi connectivity index (χ0n) is 35.7. The molecular formula is C37H61N11O16. The van der Waals surface area contributed by atoms with Gasteiger partial charge in [-0.25, -0.2) is 14.4 Å². The third kappa shape index (κ3) is 13.2. The molecule has 1 aromatic rings. The molecule has 360 valence electrons. The highest BCUT2D eigenvalue weighted by atomic mass is 16.7. The first-order valence-corrected chi connectivity index (χ1v) is 20.8. The first kappa shape index (κ1) is 51.4. The molecule has 0 saturated carbocycles. The van der Waals surface area contributed by atoms with E-state index in [9.17, 15) is 64.2 Å². The number of ether oxygens (including phenoxy) is 3. The van der Waals surface area contributed by atoms with E-state index in [1.54, 1.807) is 27.7 Å². The highest BCUT2D eigenvalue weighted by molar-refractivity contribution is 5.94. The van der Waals surface area contributed by atoms with Gasteiger partial charge in [-0.3, -0.25) is 33.7 Å². The number of aliphatic hydroxyl groups is 4. The smallest absolute Gasteiger partial charge is 0.330 e. The van der Waals surface area contributed by atoms with Gasteiger partial charge < -0.3 is 88.2 Å². The van der Waals surface area contributed by atoms with Crippen LogP contribution in [0.15, 0.2) is 26.8 Å². The number of nitrogens with two attached hydrogens (primary N) is 2. The van der Waals surface area contributed by atoms with Crippen LogP contribution < -0.4 is 54.6 Å². The van der Waals surface area contributed by atoms with E-state index >= 15 is 0 Å². The van der Waals surface area contributed by atoms with Crippen LogP contribution >= 0.6 is 0 Å². The van der Waals surface area contributed by atoms with Gasteiger partial charge in [0.05, 0.1) is 24.4 Å². The van der Waals surface area contributed by atoms with Crippen LogP contribution in [0.2, 0.25) is 0 Å². The predicted molar refractivity (Wildman–Crippen MR) is 220 cm³/mol. The van der Waals surface area contributed by atoms with Gasteiger partial charge in [0.2, 0.25) is 11.8 Å². The molecule has 4 rings (SSSR count). The van der Waals surface area contributed by atoms with Gasteiger partial charge in [0, 0.05) is 38.3 Å². The number of aliphatic hydroxyl groups excluding tert-OH is 4. The largest absolute Gasteiger partial charge is 0.480 e. The minimum Gasteiger partial charge on any atom is -0.480 e. The number of amides is 4. The number of hydrogen-bond acceptors (Lipinski definition) is 19. The number of hydrogen-bond donors (Lipinski definition) is 15. The van der Waals surface area contributed by atoms with Crippen LogP contribution in [0.4, 0.5) is 4.79 Å². The van der Waals surface area contributed by atoms with Crippen molar-refractivity contribution in [3.8, 4) is 0 Å². The second-order valence-electron chi connectivity index (χ2n) is 16.3. The molecule has 27 nitrogen and oxygen atoms in total. The maximum atomic E-state index is 13.9. The Kier molecular flexibility index (Phi) is 18.5. The number of nitrogens with one attached hydrogen (secondary N) is 7. The van der Waals surface area contributed by atoms with Gasteiger partial charge in [0.25, 0.3) is 5.56 Å². The Morgan fingerprint density at radius 2 is 1.62 bits per heavy atom. The van der Waals surface area contributed by atoms with Crippen LogP contribution in [-0.4, -0.2) is 181 Å². The van der Waals surface area contributed by atoms with E-state index in [1.165, 1.54) is 0 Å². The average molecular weight is 916 g/mol. The van der Waals surface area contributed by atoms with Crippen LogP contribution in [-0.2, 0) is 33.4 Å². The number of rotatable bonds is 22. The third-order valence-corrected chi connectivity index (χ3v) is 10.9. The first-order valence-electron chi connectivity index (χ1n) is 20.8. The molecule has 1 aromatic heterocycles. The van der Waals surface area contributed by atoms with Gasteiger partial charge in [0.1, 0.15) is 48.6 Å². The molecule has 0 radical (unpaired) electrons. The molecule has 64 heavy (non-hydrogen) atoms. The van der Waals surface area contributed by atoms with Crippen LogP contribution in [0.5, 0.6) is 0 Å². The van der Waals surface area contributed by atoms with Crippen molar-refractivity contribution in [3.05, 3.63) is 33.1 Å².